The average molecular weight is 387 g/mol. The Kier molecular flexibility index (Phi) is 6.27. The second-order valence-corrected chi connectivity index (χ2v) is 7.74. The largest absolute Gasteiger partial charge is 0.495 e. The van der Waals surface area contributed by atoms with E-state index in [1.54, 1.807) is 25.3 Å². The molecule has 0 unspecified atom stereocenters. The van der Waals surface area contributed by atoms with Crippen LogP contribution in [0.3, 0.4) is 0 Å². The molecule has 1 heterocycles. The van der Waals surface area contributed by atoms with E-state index in [4.69, 9.17) is 16.3 Å². The molecule has 3 rings (SSSR count). The summed E-state index contributed by atoms with van der Waals surface area (Å²) in [6, 6.07) is 13.5. The van der Waals surface area contributed by atoms with E-state index in [1.165, 1.54) is 18.5 Å². The van der Waals surface area contributed by atoms with Gasteiger partial charge in [-0.2, -0.15) is 0 Å². The molecule has 1 fully saturated rings. The van der Waals surface area contributed by atoms with E-state index in [0.717, 1.165) is 24.6 Å². The number of piperidine rings is 1. The molecular weight excluding hydrogens is 360 g/mol. The lowest BCUT2D eigenvalue weighted by Crippen LogP contribution is -2.34. The molecule has 0 radical (unpaired) electrons. The molecule has 0 saturated carbocycles. The molecule has 1 saturated heterocycles. The molecule has 0 aliphatic carbocycles. The van der Waals surface area contributed by atoms with Crippen LogP contribution in [0.25, 0.3) is 0 Å². The fraction of sp³-hybridized carbons (Fsp3) is 0.409. The summed E-state index contributed by atoms with van der Waals surface area (Å²) in [5, 5.41) is 3.46. The van der Waals surface area contributed by atoms with Crippen molar-refractivity contribution in [1.82, 2.24) is 5.32 Å². The van der Waals surface area contributed by atoms with Gasteiger partial charge in [-0.3, -0.25) is 4.79 Å². The molecule has 144 valence electrons. The van der Waals surface area contributed by atoms with Crippen LogP contribution in [0.15, 0.2) is 42.5 Å². The number of amides is 1. The summed E-state index contributed by atoms with van der Waals surface area (Å²) in [4.78, 5) is 15.0. The van der Waals surface area contributed by atoms with Gasteiger partial charge in [0.1, 0.15) is 5.75 Å². The Morgan fingerprint density at radius 3 is 2.63 bits per heavy atom. The molecule has 4 nitrogen and oxygen atoms in total. The third kappa shape index (κ3) is 4.75. The number of nitrogens with zero attached hydrogens (tertiary/aromatic N) is 1. The summed E-state index contributed by atoms with van der Waals surface area (Å²) in [5.41, 5.74) is 2.86. The monoisotopic (exact) mass is 386 g/mol. The van der Waals surface area contributed by atoms with E-state index in [1.807, 2.05) is 6.92 Å². The Hall–Kier alpha value is -2.20. The smallest absolute Gasteiger partial charge is 0.251 e. The van der Waals surface area contributed by atoms with Crippen molar-refractivity contribution in [2.24, 2.45) is 5.92 Å². The van der Waals surface area contributed by atoms with Crippen molar-refractivity contribution in [2.45, 2.75) is 32.7 Å². The number of carbonyl (C=O) groups excluding carboxylic acids is 1. The highest BCUT2D eigenvalue weighted by molar-refractivity contribution is 6.32. The predicted molar refractivity (Wildman–Crippen MR) is 111 cm³/mol. The Morgan fingerprint density at radius 2 is 2.00 bits per heavy atom. The van der Waals surface area contributed by atoms with Crippen LogP contribution in [0.5, 0.6) is 5.75 Å². The number of anilines is 1. The zero-order chi connectivity index (χ0) is 19.4. The van der Waals surface area contributed by atoms with Crippen LogP contribution in [0.2, 0.25) is 5.02 Å². The molecule has 2 atom stereocenters. The third-order valence-corrected chi connectivity index (χ3v) is 5.47. The van der Waals surface area contributed by atoms with Crippen LogP contribution in [0, 0.1) is 5.92 Å². The van der Waals surface area contributed by atoms with Gasteiger partial charge >= 0.3 is 0 Å². The SMILES string of the molecule is COc1ccc(C(=O)N[C@@H](C)c2ccc(N3CCC[C@@H](C)C3)cc2)cc1Cl. The number of halogens is 1. The Morgan fingerprint density at radius 1 is 1.26 bits per heavy atom. The Labute approximate surface area is 166 Å². The van der Waals surface area contributed by atoms with Crippen LogP contribution in [-0.4, -0.2) is 26.1 Å². The number of carbonyl (C=O) groups is 1. The first-order valence-electron chi connectivity index (χ1n) is 9.47. The lowest BCUT2D eigenvalue weighted by Gasteiger charge is -2.33. The van der Waals surface area contributed by atoms with Crippen LogP contribution in [0.4, 0.5) is 5.69 Å². The number of rotatable bonds is 5. The van der Waals surface area contributed by atoms with E-state index >= 15 is 0 Å². The summed E-state index contributed by atoms with van der Waals surface area (Å²) in [5.74, 6) is 1.15. The van der Waals surface area contributed by atoms with Gasteiger partial charge in [0, 0.05) is 24.3 Å². The van der Waals surface area contributed by atoms with Gasteiger partial charge in [-0.1, -0.05) is 30.7 Å². The first-order valence-corrected chi connectivity index (χ1v) is 9.85. The maximum Gasteiger partial charge on any atom is 0.251 e. The molecule has 27 heavy (non-hydrogen) atoms. The zero-order valence-electron chi connectivity index (χ0n) is 16.2. The molecule has 0 bridgehead atoms. The Bertz CT molecular complexity index is 791. The minimum atomic E-state index is -0.152. The first kappa shape index (κ1) is 19.6. The molecule has 2 aromatic rings. The van der Waals surface area contributed by atoms with Gasteiger partial charge in [0.05, 0.1) is 18.2 Å². The van der Waals surface area contributed by atoms with Gasteiger partial charge in [-0.15, -0.1) is 0 Å². The van der Waals surface area contributed by atoms with E-state index in [9.17, 15) is 4.79 Å². The second-order valence-electron chi connectivity index (χ2n) is 7.33. The number of hydrogen-bond acceptors (Lipinski definition) is 3. The molecule has 1 amide bonds. The highest BCUT2D eigenvalue weighted by Gasteiger charge is 2.17. The van der Waals surface area contributed by atoms with E-state index in [0.29, 0.717) is 16.3 Å². The fourth-order valence-electron chi connectivity index (χ4n) is 3.57. The molecular formula is C22H27ClN2O2. The fourth-order valence-corrected chi connectivity index (χ4v) is 3.83. The van der Waals surface area contributed by atoms with E-state index in [2.05, 4.69) is 41.4 Å². The molecule has 5 heteroatoms. The van der Waals surface area contributed by atoms with Gasteiger partial charge in [-0.25, -0.2) is 0 Å². The molecule has 2 aromatic carbocycles. The van der Waals surface area contributed by atoms with Gasteiger partial charge in [0.2, 0.25) is 0 Å². The van der Waals surface area contributed by atoms with Crippen LogP contribution < -0.4 is 15.0 Å². The van der Waals surface area contributed by atoms with Crippen molar-refractivity contribution >= 4 is 23.2 Å². The van der Waals surface area contributed by atoms with Crippen molar-refractivity contribution in [3.63, 3.8) is 0 Å². The maximum atomic E-state index is 12.5. The van der Waals surface area contributed by atoms with E-state index in [-0.39, 0.29) is 11.9 Å². The highest BCUT2D eigenvalue weighted by Crippen LogP contribution is 2.26. The molecule has 1 aliphatic heterocycles. The van der Waals surface area contributed by atoms with E-state index < -0.39 is 0 Å². The summed E-state index contributed by atoms with van der Waals surface area (Å²) < 4.78 is 5.13. The summed E-state index contributed by atoms with van der Waals surface area (Å²) >= 11 is 6.12. The Balaban J connectivity index is 1.64. The summed E-state index contributed by atoms with van der Waals surface area (Å²) in [6.45, 7) is 6.53. The average Bonchev–Trinajstić information content (AvgIpc) is 2.68. The molecule has 0 aromatic heterocycles. The number of benzene rings is 2. The molecule has 0 spiro atoms. The second kappa shape index (κ2) is 8.66. The number of nitrogens with one attached hydrogen (secondary N) is 1. The lowest BCUT2D eigenvalue weighted by atomic mass is 9.99. The standard InChI is InChI=1S/C22H27ClN2O2/c1-15-5-4-12-25(14-15)19-9-6-17(7-10-19)16(2)24-22(26)18-8-11-21(27-3)20(23)13-18/h6-11,13,15-16H,4-5,12,14H2,1-3H3,(H,24,26)/t15-,16+/m1/s1. The number of methoxy groups -OCH3 is 1. The number of hydrogen-bond donors (Lipinski definition) is 1. The minimum absolute atomic E-state index is 0.0901. The van der Waals surface area contributed by atoms with Gasteiger partial charge in [0.25, 0.3) is 5.91 Å². The number of ether oxygens (including phenoxy) is 1. The van der Waals surface area contributed by atoms with Gasteiger partial charge < -0.3 is 15.0 Å². The summed E-state index contributed by atoms with van der Waals surface area (Å²) in [6.07, 6.45) is 2.56. The van der Waals surface area contributed by atoms with Crippen molar-refractivity contribution < 1.29 is 9.53 Å². The van der Waals surface area contributed by atoms with Crippen LogP contribution in [-0.2, 0) is 0 Å². The van der Waals surface area contributed by atoms with Crippen LogP contribution in [0.1, 0.15) is 48.7 Å². The highest BCUT2D eigenvalue weighted by atomic mass is 35.5. The van der Waals surface area contributed by atoms with Crippen LogP contribution >= 0.6 is 11.6 Å². The first-order chi connectivity index (χ1) is 13.0. The molecule has 1 aliphatic rings. The maximum absolute atomic E-state index is 12.5. The van der Waals surface area contributed by atoms with Crippen molar-refractivity contribution in [3.05, 3.63) is 58.6 Å². The topological polar surface area (TPSA) is 41.6 Å². The quantitative estimate of drug-likeness (QED) is 0.779. The van der Waals surface area contributed by atoms with Gasteiger partial charge in [-0.05, 0) is 61.6 Å². The normalized spacial score (nSPS) is 18.1. The lowest BCUT2D eigenvalue weighted by molar-refractivity contribution is 0.0940. The van der Waals surface area contributed by atoms with Crippen molar-refractivity contribution in [2.75, 3.05) is 25.1 Å². The summed E-state index contributed by atoms with van der Waals surface area (Å²) in [7, 11) is 1.55. The molecule has 1 N–H and O–H groups in total. The minimum Gasteiger partial charge on any atom is -0.495 e. The van der Waals surface area contributed by atoms with Crippen molar-refractivity contribution in [3.8, 4) is 5.75 Å². The van der Waals surface area contributed by atoms with Gasteiger partial charge in [0.15, 0.2) is 0 Å². The van der Waals surface area contributed by atoms with Crippen molar-refractivity contribution in [1.29, 1.82) is 0 Å². The third-order valence-electron chi connectivity index (χ3n) is 5.18. The predicted octanol–water partition coefficient (Wildman–Crippen LogP) is 5.08. The zero-order valence-corrected chi connectivity index (χ0v) is 16.9.